The van der Waals surface area contributed by atoms with Gasteiger partial charge < -0.3 is 15.0 Å². The van der Waals surface area contributed by atoms with Crippen LogP contribution in [0.4, 0.5) is 0 Å². The summed E-state index contributed by atoms with van der Waals surface area (Å²) in [4.78, 5) is 25.9. The van der Waals surface area contributed by atoms with Gasteiger partial charge in [-0.3, -0.25) is 9.59 Å². The SMILES string of the molecule is COc1ccc(CNC(=O)c2cc(C)[nH]c(=O)c2)cc1. The molecular formula is C15H16N2O3. The van der Waals surface area contributed by atoms with Crippen molar-refractivity contribution in [1.29, 1.82) is 0 Å². The highest BCUT2D eigenvalue weighted by molar-refractivity contribution is 5.94. The number of rotatable bonds is 4. The van der Waals surface area contributed by atoms with E-state index in [9.17, 15) is 9.59 Å². The Balaban J connectivity index is 2.02. The van der Waals surface area contributed by atoms with E-state index in [2.05, 4.69) is 10.3 Å². The zero-order valence-corrected chi connectivity index (χ0v) is 11.4. The number of H-pyrrole nitrogens is 1. The monoisotopic (exact) mass is 272 g/mol. The van der Waals surface area contributed by atoms with Gasteiger partial charge in [-0.2, -0.15) is 0 Å². The number of methoxy groups -OCH3 is 1. The van der Waals surface area contributed by atoms with Crippen LogP contribution in [0, 0.1) is 6.92 Å². The molecule has 0 bridgehead atoms. The van der Waals surface area contributed by atoms with Crippen molar-refractivity contribution >= 4 is 5.91 Å². The number of ether oxygens (including phenoxy) is 1. The van der Waals surface area contributed by atoms with E-state index in [0.717, 1.165) is 11.3 Å². The van der Waals surface area contributed by atoms with Gasteiger partial charge in [-0.1, -0.05) is 12.1 Å². The topological polar surface area (TPSA) is 71.2 Å². The molecule has 2 rings (SSSR count). The lowest BCUT2D eigenvalue weighted by Gasteiger charge is -2.06. The number of aryl methyl sites for hydroxylation is 1. The summed E-state index contributed by atoms with van der Waals surface area (Å²) in [5.74, 6) is 0.500. The summed E-state index contributed by atoms with van der Waals surface area (Å²) in [5, 5.41) is 2.77. The van der Waals surface area contributed by atoms with Crippen molar-refractivity contribution in [3.63, 3.8) is 0 Å². The molecule has 104 valence electrons. The van der Waals surface area contributed by atoms with Gasteiger partial charge in [0, 0.05) is 23.9 Å². The molecule has 5 nitrogen and oxygen atoms in total. The van der Waals surface area contributed by atoms with E-state index >= 15 is 0 Å². The zero-order valence-electron chi connectivity index (χ0n) is 11.4. The van der Waals surface area contributed by atoms with Crippen LogP contribution in [-0.2, 0) is 6.54 Å². The lowest BCUT2D eigenvalue weighted by Crippen LogP contribution is -2.24. The van der Waals surface area contributed by atoms with Crippen molar-refractivity contribution in [2.75, 3.05) is 7.11 Å². The molecule has 5 heteroatoms. The van der Waals surface area contributed by atoms with Crippen molar-refractivity contribution < 1.29 is 9.53 Å². The van der Waals surface area contributed by atoms with Gasteiger partial charge in [0.1, 0.15) is 5.75 Å². The van der Waals surface area contributed by atoms with Crippen LogP contribution in [0.1, 0.15) is 21.6 Å². The van der Waals surface area contributed by atoms with Crippen LogP contribution < -0.4 is 15.6 Å². The third kappa shape index (κ3) is 3.47. The van der Waals surface area contributed by atoms with Gasteiger partial charge in [-0.05, 0) is 30.7 Å². The smallest absolute Gasteiger partial charge is 0.251 e. The highest BCUT2D eigenvalue weighted by atomic mass is 16.5. The average molecular weight is 272 g/mol. The van der Waals surface area contributed by atoms with Crippen LogP contribution in [0.3, 0.4) is 0 Å². The molecule has 1 aromatic heterocycles. The number of carbonyl (C=O) groups excluding carboxylic acids is 1. The van der Waals surface area contributed by atoms with E-state index in [-0.39, 0.29) is 11.5 Å². The molecule has 0 spiro atoms. The lowest BCUT2D eigenvalue weighted by atomic mass is 10.2. The first-order valence-corrected chi connectivity index (χ1v) is 6.20. The van der Waals surface area contributed by atoms with Crippen LogP contribution in [0.5, 0.6) is 5.75 Å². The number of carbonyl (C=O) groups is 1. The number of aromatic amines is 1. The third-order valence-electron chi connectivity index (χ3n) is 2.85. The van der Waals surface area contributed by atoms with Gasteiger partial charge in [0.15, 0.2) is 0 Å². The molecule has 0 radical (unpaired) electrons. The molecule has 2 aromatic rings. The van der Waals surface area contributed by atoms with Crippen LogP contribution in [0.25, 0.3) is 0 Å². The van der Waals surface area contributed by atoms with E-state index in [1.807, 2.05) is 24.3 Å². The van der Waals surface area contributed by atoms with Crippen LogP contribution in [0.2, 0.25) is 0 Å². The Morgan fingerprint density at radius 2 is 1.95 bits per heavy atom. The number of aromatic nitrogens is 1. The maximum atomic E-state index is 12.0. The van der Waals surface area contributed by atoms with Gasteiger partial charge in [-0.15, -0.1) is 0 Å². The van der Waals surface area contributed by atoms with Crippen molar-refractivity contribution in [3.05, 3.63) is 63.6 Å². The van der Waals surface area contributed by atoms with E-state index in [0.29, 0.717) is 17.8 Å². The van der Waals surface area contributed by atoms with E-state index in [1.54, 1.807) is 20.1 Å². The third-order valence-corrected chi connectivity index (χ3v) is 2.85. The number of nitrogens with one attached hydrogen (secondary N) is 2. The van der Waals surface area contributed by atoms with Gasteiger partial charge in [0.2, 0.25) is 5.56 Å². The summed E-state index contributed by atoms with van der Waals surface area (Å²) < 4.78 is 5.06. The summed E-state index contributed by atoms with van der Waals surface area (Å²) in [7, 11) is 1.60. The van der Waals surface area contributed by atoms with Gasteiger partial charge >= 0.3 is 0 Å². The molecule has 1 amide bonds. The molecule has 20 heavy (non-hydrogen) atoms. The first kappa shape index (κ1) is 13.9. The lowest BCUT2D eigenvalue weighted by molar-refractivity contribution is 0.0950. The minimum Gasteiger partial charge on any atom is -0.497 e. The molecule has 0 atom stereocenters. The second-order valence-electron chi connectivity index (χ2n) is 4.45. The van der Waals surface area contributed by atoms with Gasteiger partial charge in [0.05, 0.1) is 7.11 Å². The van der Waals surface area contributed by atoms with Crippen molar-refractivity contribution in [2.24, 2.45) is 0 Å². The molecule has 0 aliphatic carbocycles. The first-order valence-electron chi connectivity index (χ1n) is 6.20. The Bertz CT molecular complexity index is 660. The minimum absolute atomic E-state index is 0.269. The molecule has 1 heterocycles. The van der Waals surface area contributed by atoms with Crippen molar-refractivity contribution in [3.8, 4) is 5.75 Å². The molecule has 0 aliphatic rings. The average Bonchev–Trinajstić information content (AvgIpc) is 2.44. The summed E-state index contributed by atoms with van der Waals surface area (Å²) in [5.41, 5.74) is 1.70. The quantitative estimate of drug-likeness (QED) is 0.888. The highest BCUT2D eigenvalue weighted by Gasteiger charge is 2.06. The fourth-order valence-corrected chi connectivity index (χ4v) is 1.84. The highest BCUT2D eigenvalue weighted by Crippen LogP contribution is 2.11. The summed E-state index contributed by atoms with van der Waals surface area (Å²) in [6.07, 6.45) is 0. The fraction of sp³-hybridized carbons (Fsp3) is 0.200. The van der Waals surface area contributed by atoms with Gasteiger partial charge in [-0.25, -0.2) is 0 Å². The number of benzene rings is 1. The molecule has 0 fully saturated rings. The Morgan fingerprint density at radius 1 is 1.25 bits per heavy atom. The zero-order chi connectivity index (χ0) is 14.5. The number of hydrogen-bond acceptors (Lipinski definition) is 3. The number of hydrogen-bond donors (Lipinski definition) is 2. The number of amides is 1. The first-order chi connectivity index (χ1) is 9.58. The predicted molar refractivity (Wildman–Crippen MR) is 76.0 cm³/mol. The summed E-state index contributed by atoms with van der Waals surface area (Å²) >= 11 is 0. The Kier molecular flexibility index (Phi) is 4.20. The maximum Gasteiger partial charge on any atom is 0.251 e. The molecule has 0 unspecified atom stereocenters. The second-order valence-corrected chi connectivity index (χ2v) is 4.45. The van der Waals surface area contributed by atoms with E-state index in [1.165, 1.54) is 6.07 Å². The standard InChI is InChI=1S/C15H16N2O3/c1-10-7-12(8-14(18)17-10)15(19)16-9-11-3-5-13(20-2)6-4-11/h3-8H,9H2,1-2H3,(H,16,19)(H,17,18). The molecule has 0 saturated heterocycles. The molecule has 0 saturated carbocycles. The minimum atomic E-state index is -0.278. The van der Waals surface area contributed by atoms with Crippen molar-refractivity contribution in [2.45, 2.75) is 13.5 Å². The Hall–Kier alpha value is -2.56. The summed E-state index contributed by atoms with van der Waals surface area (Å²) in [6, 6.07) is 10.4. The van der Waals surface area contributed by atoms with Crippen LogP contribution in [0.15, 0.2) is 41.2 Å². The largest absolute Gasteiger partial charge is 0.497 e. The Labute approximate surface area is 116 Å². The van der Waals surface area contributed by atoms with Gasteiger partial charge in [0.25, 0.3) is 5.91 Å². The number of pyridine rings is 1. The fourth-order valence-electron chi connectivity index (χ4n) is 1.84. The molecule has 2 N–H and O–H groups in total. The van der Waals surface area contributed by atoms with Crippen LogP contribution >= 0.6 is 0 Å². The van der Waals surface area contributed by atoms with Crippen LogP contribution in [-0.4, -0.2) is 18.0 Å². The Morgan fingerprint density at radius 3 is 2.55 bits per heavy atom. The summed E-state index contributed by atoms with van der Waals surface area (Å²) in [6.45, 7) is 2.14. The second kappa shape index (κ2) is 6.06. The predicted octanol–water partition coefficient (Wildman–Crippen LogP) is 1.62. The maximum absolute atomic E-state index is 12.0. The van der Waals surface area contributed by atoms with E-state index in [4.69, 9.17) is 4.74 Å². The normalized spacial score (nSPS) is 10.1. The molecule has 1 aromatic carbocycles. The van der Waals surface area contributed by atoms with E-state index < -0.39 is 0 Å². The van der Waals surface area contributed by atoms with Crippen molar-refractivity contribution in [1.82, 2.24) is 10.3 Å². The molecule has 0 aliphatic heterocycles. The molecular weight excluding hydrogens is 256 g/mol.